The van der Waals surface area contributed by atoms with Crippen LogP contribution in [0.15, 0.2) is 22.4 Å². The summed E-state index contributed by atoms with van der Waals surface area (Å²) in [5.74, 6) is -4.96. The fourth-order valence-electron chi connectivity index (χ4n) is 2.08. The molecule has 2 unspecified atom stereocenters. The number of carboxylic acid groups (broad SMARTS) is 1. The van der Waals surface area contributed by atoms with E-state index in [-0.39, 0.29) is 10.8 Å². The Balaban J connectivity index is 3.17. The number of aliphatic carboxylic acids is 1. The maximum Gasteiger partial charge on any atom is 0.419 e. The van der Waals surface area contributed by atoms with Crippen LogP contribution in [0.25, 0.3) is 0 Å². The maximum absolute atomic E-state index is 13.7. The molecule has 25 heavy (non-hydrogen) atoms. The van der Waals surface area contributed by atoms with Crippen LogP contribution in [0.2, 0.25) is 5.02 Å². The number of halogens is 5. The van der Waals surface area contributed by atoms with Gasteiger partial charge in [0.05, 0.1) is 24.6 Å². The molecule has 2 atom stereocenters. The second-order valence-corrected chi connectivity index (χ2v) is 5.47. The predicted molar refractivity (Wildman–Crippen MR) is 79.8 cm³/mol. The van der Waals surface area contributed by atoms with E-state index in [2.05, 4.69) is 10.2 Å². The molecular formula is C14H15ClF4N2O4. The molecule has 0 aliphatic heterocycles. The molecule has 6 nitrogen and oxygen atoms in total. The Labute approximate surface area is 145 Å². The summed E-state index contributed by atoms with van der Waals surface area (Å²) in [6, 6.07) is 1.83. The highest BCUT2D eigenvalue weighted by Gasteiger charge is 2.60. The minimum absolute atomic E-state index is 0.0140. The van der Waals surface area contributed by atoms with Crippen molar-refractivity contribution in [2.24, 2.45) is 16.1 Å². The van der Waals surface area contributed by atoms with Gasteiger partial charge in [-0.3, -0.25) is 4.79 Å². The number of hydrogen-bond acceptors (Lipinski definition) is 5. The van der Waals surface area contributed by atoms with E-state index in [1.807, 2.05) is 0 Å². The van der Waals surface area contributed by atoms with Crippen LogP contribution in [0.5, 0.6) is 5.75 Å². The molecule has 2 N–H and O–H groups in total. The molecule has 0 spiro atoms. The van der Waals surface area contributed by atoms with Crippen LogP contribution in [0, 0.1) is 11.7 Å². The average molecular weight is 387 g/mol. The summed E-state index contributed by atoms with van der Waals surface area (Å²) in [7, 11) is 1.24. The quantitative estimate of drug-likeness (QED) is 0.547. The fraction of sp³-hybridized carbons (Fsp3) is 0.500. The maximum atomic E-state index is 13.7. The van der Waals surface area contributed by atoms with Crippen LogP contribution >= 0.6 is 11.6 Å². The number of ether oxygens (including phenoxy) is 1. The lowest BCUT2D eigenvalue weighted by Crippen LogP contribution is -2.56. The van der Waals surface area contributed by atoms with Gasteiger partial charge in [-0.2, -0.15) is 23.4 Å². The highest BCUT2D eigenvalue weighted by Crippen LogP contribution is 2.39. The topological polar surface area (TPSA) is 91.5 Å². The van der Waals surface area contributed by atoms with Crippen molar-refractivity contribution in [1.29, 1.82) is 0 Å². The minimum atomic E-state index is -5.28. The summed E-state index contributed by atoms with van der Waals surface area (Å²) < 4.78 is 58.0. The highest BCUT2D eigenvalue weighted by molar-refractivity contribution is 6.32. The largest absolute Gasteiger partial charge is 0.495 e. The van der Waals surface area contributed by atoms with Crippen molar-refractivity contribution in [3.63, 3.8) is 0 Å². The molecule has 0 aromatic heterocycles. The van der Waals surface area contributed by atoms with Gasteiger partial charge in [0.1, 0.15) is 11.4 Å². The van der Waals surface area contributed by atoms with E-state index in [0.29, 0.717) is 0 Å². The summed E-state index contributed by atoms with van der Waals surface area (Å²) in [5.41, 5.74) is -4.13. The first kappa shape index (κ1) is 21.1. The first-order chi connectivity index (χ1) is 11.5. The number of hydrogen-bond donors (Lipinski definition) is 2. The van der Waals surface area contributed by atoms with E-state index in [1.165, 1.54) is 14.0 Å². The first-order valence-electron chi connectivity index (χ1n) is 6.90. The van der Waals surface area contributed by atoms with Crippen molar-refractivity contribution in [3.8, 4) is 5.75 Å². The van der Waals surface area contributed by atoms with Crippen LogP contribution in [0.4, 0.5) is 23.2 Å². The van der Waals surface area contributed by atoms with E-state index in [4.69, 9.17) is 21.4 Å². The van der Waals surface area contributed by atoms with Crippen molar-refractivity contribution in [2.75, 3.05) is 13.7 Å². The Kier molecular flexibility index (Phi) is 6.72. The number of rotatable bonds is 7. The van der Waals surface area contributed by atoms with Crippen LogP contribution in [0.1, 0.15) is 13.3 Å². The molecule has 0 aliphatic rings. The number of alkyl halides is 3. The van der Waals surface area contributed by atoms with Gasteiger partial charge in [0.25, 0.3) is 0 Å². The second kappa shape index (κ2) is 7.96. The fourth-order valence-corrected chi connectivity index (χ4v) is 2.31. The van der Waals surface area contributed by atoms with Crippen LogP contribution in [0.3, 0.4) is 0 Å². The number of carbonyl (C=O) groups is 1. The summed E-state index contributed by atoms with van der Waals surface area (Å²) >= 11 is 5.67. The first-order valence-corrected chi connectivity index (χ1v) is 7.28. The van der Waals surface area contributed by atoms with Gasteiger partial charge in [0.2, 0.25) is 0 Å². The summed E-state index contributed by atoms with van der Waals surface area (Å²) in [5, 5.41) is 25.1. The number of methoxy groups -OCH3 is 1. The molecule has 0 bridgehead atoms. The van der Waals surface area contributed by atoms with Crippen LogP contribution < -0.4 is 4.74 Å². The van der Waals surface area contributed by atoms with Crippen molar-refractivity contribution < 1.29 is 37.3 Å². The number of aliphatic hydroxyl groups is 1. The third-order valence-electron chi connectivity index (χ3n) is 3.49. The van der Waals surface area contributed by atoms with Gasteiger partial charge >= 0.3 is 12.1 Å². The monoisotopic (exact) mass is 386 g/mol. The van der Waals surface area contributed by atoms with Gasteiger partial charge in [-0.15, -0.1) is 0 Å². The molecule has 11 heteroatoms. The van der Waals surface area contributed by atoms with Gasteiger partial charge < -0.3 is 14.9 Å². The Hall–Kier alpha value is -1.94. The smallest absolute Gasteiger partial charge is 0.419 e. The predicted octanol–water partition coefficient (Wildman–Crippen LogP) is 3.98. The molecule has 140 valence electrons. The minimum Gasteiger partial charge on any atom is -0.495 e. The zero-order valence-corrected chi connectivity index (χ0v) is 13.9. The van der Waals surface area contributed by atoms with Crippen LogP contribution in [-0.2, 0) is 4.79 Å². The molecule has 0 heterocycles. The Morgan fingerprint density at radius 3 is 2.44 bits per heavy atom. The molecule has 1 aromatic rings. The van der Waals surface area contributed by atoms with Crippen LogP contribution in [-0.4, -0.2) is 41.6 Å². The standard InChI is InChI=1S/C14H15ClF4N2O4/c1-3-7(12(22)23)13(24,14(17,18)19)6-20-21-10-5-11(25-2)8(15)4-9(10)16/h4-5,7,24H,3,6H2,1-2H3,(H,22,23). The van der Waals surface area contributed by atoms with E-state index in [9.17, 15) is 27.5 Å². The summed E-state index contributed by atoms with van der Waals surface area (Å²) in [6.07, 6.45) is -5.77. The molecule has 1 rings (SSSR count). The Bertz CT molecular complexity index is 669. The van der Waals surface area contributed by atoms with E-state index in [1.54, 1.807) is 0 Å². The molecule has 1 aromatic carbocycles. The molecule has 0 amide bonds. The van der Waals surface area contributed by atoms with Gasteiger partial charge in [0.15, 0.2) is 11.4 Å². The zero-order valence-electron chi connectivity index (χ0n) is 13.1. The lowest BCUT2D eigenvalue weighted by molar-refractivity contribution is -0.275. The third kappa shape index (κ3) is 4.57. The summed E-state index contributed by atoms with van der Waals surface area (Å²) in [4.78, 5) is 11.0. The second-order valence-electron chi connectivity index (χ2n) is 5.06. The number of nitrogens with zero attached hydrogens (tertiary/aromatic N) is 2. The molecule has 0 saturated carbocycles. The SMILES string of the molecule is CCC(C(=O)O)C(O)(CN=Nc1cc(OC)c(Cl)cc1F)C(F)(F)F. The number of azo groups is 1. The lowest BCUT2D eigenvalue weighted by Gasteiger charge is -2.33. The average Bonchev–Trinajstić information content (AvgIpc) is 2.48. The molecule has 0 fully saturated rings. The normalized spacial score (nSPS) is 15.8. The molecule has 0 saturated heterocycles. The number of benzene rings is 1. The molecule has 0 radical (unpaired) electrons. The van der Waals surface area contributed by atoms with E-state index in [0.717, 1.165) is 12.1 Å². The van der Waals surface area contributed by atoms with Crippen molar-refractivity contribution in [3.05, 3.63) is 23.0 Å². The third-order valence-corrected chi connectivity index (χ3v) is 3.78. The van der Waals surface area contributed by atoms with Crippen molar-refractivity contribution >= 4 is 23.3 Å². The Morgan fingerprint density at radius 1 is 1.40 bits per heavy atom. The van der Waals surface area contributed by atoms with Crippen molar-refractivity contribution in [1.82, 2.24) is 0 Å². The highest BCUT2D eigenvalue weighted by atomic mass is 35.5. The summed E-state index contributed by atoms with van der Waals surface area (Å²) in [6.45, 7) is -0.234. The van der Waals surface area contributed by atoms with E-state index >= 15 is 0 Å². The van der Waals surface area contributed by atoms with Gasteiger partial charge in [0, 0.05) is 6.07 Å². The lowest BCUT2D eigenvalue weighted by atomic mass is 9.84. The van der Waals surface area contributed by atoms with Gasteiger partial charge in [-0.05, 0) is 12.5 Å². The molecular weight excluding hydrogens is 372 g/mol. The van der Waals surface area contributed by atoms with E-state index < -0.39 is 48.1 Å². The van der Waals surface area contributed by atoms with Gasteiger partial charge in [-0.25, -0.2) is 4.39 Å². The van der Waals surface area contributed by atoms with Crippen molar-refractivity contribution in [2.45, 2.75) is 25.1 Å². The Morgan fingerprint density at radius 2 is 2.00 bits per heavy atom. The number of carboxylic acids is 1. The zero-order chi connectivity index (χ0) is 19.4. The van der Waals surface area contributed by atoms with Gasteiger partial charge in [-0.1, -0.05) is 18.5 Å². The molecule has 0 aliphatic carbocycles.